The third-order valence-electron chi connectivity index (χ3n) is 13.5. The average molecular weight is 1090 g/mol. The van der Waals surface area contributed by atoms with Gasteiger partial charge in [-0.2, -0.15) is 0 Å². The fourth-order valence-electron chi connectivity index (χ4n) is 9.52. The van der Waals surface area contributed by atoms with Gasteiger partial charge in [0.15, 0.2) is 30.9 Å². The zero-order valence-corrected chi connectivity index (χ0v) is 44.2. The highest BCUT2D eigenvalue weighted by molar-refractivity contribution is 7.99. The lowest BCUT2D eigenvalue weighted by molar-refractivity contribution is -0.362. The van der Waals surface area contributed by atoms with Crippen LogP contribution in [-0.2, 0) is 88.1 Å². The van der Waals surface area contributed by atoms with Crippen molar-refractivity contribution in [1.82, 2.24) is 0 Å². The summed E-state index contributed by atoms with van der Waals surface area (Å²) in [6.07, 6.45) is -10.8. The van der Waals surface area contributed by atoms with Crippen LogP contribution in [0.1, 0.15) is 57.3 Å². The van der Waals surface area contributed by atoms with Crippen molar-refractivity contribution >= 4 is 29.7 Å². The van der Waals surface area contributed by atoms with Gasteiger partial charge in [-0.1, -0.05) is 200 Å². The molecule has 0 bridgehead atoms. The molecule has 0 spiro atoms. The predicted octanol–water partition coefficient (Wildman–Crippen LogP) is 10.8. The highest BCUT2D eigenvalue weighted by Gasteiger charge is 2.55. The maximum absolute atomic E-state index is 14.5. The van der Waals surface area contributed by atoms with E-state index in [4.69, 9.17) is 52.1 Å². The van der Waals surface area contributed by atoms with Gasteiger partial charge in [0.1, 0.15) is 36.0 Å². The fraction of sp³-hybridized carbons (Fsp3) is 0.297. The molecule has 0 N–H and O–H groups in total. The van der Waals surface area contributed by atoms with Crippen molar-refractivity contribution in [1.29, 1.82) is 0 Å². The summed E-state index contributed by atoms with van der Waals surface area (Å²) >= 11 is 1.38. The van der Waals surface area contributed by atoms with E-state index in [9.17, 15) is 14.4 Å². The van der Waals surface area contributed by atoms with E-state index in [1.807, 2.05) is 182 Å². The fourth-order valence-corrected chi connectivity index (χ4v) is 10.6. The third-order valence-corrected chi connectivity index (χ3v) is 14.6. The molecule has 3 aliphatic rings. The molecule has 0 aromatic heterocycles. The number of rotatable bonds is 23. The van der Waals surface area contributed by atoms with E-state index in [1.165, 1.54) is 11.8 Å². The van der Waals surface area contributed by atoms with Crippen LogP contribution < -0.4 is 0 Å². The zero-order valence-electron chi connectivity index (χ0n) is 43.3. The summed E-state index contributed by atoms with van der Waals surface area (Å²) in [5.74, 6) is -2.20. The molecule has 0 amide bonds. The normalized spacial score (nSPS) is 24.6. The molecule has 0 radical (unpaired) electrons. The number of carbonyl (C=O) groups is 3. The number of thioether (sulfide) groups is 1. The second-order valence-corrected chi connectivity index (χ2v) is 20.3. The van der Waals surface area contributed by atoms with E-state index < -0.39 is 97.6 Å². The molecule has 3 fully saturated rings. The average Bonchev–Trinajstić information content (AvgIpc) is 3.51. The van der Waals surface area contributed by atoms with Crippen molar-refractivity contribution < 1.29 is 66.5 Å². The standard InChI is InChI=1S/C64H62O14S/c65-53(75-58-56-52(43-72-62(78-56)49-32-18-6-19-33-49)73-63(71-41-47-28-14-4-15-29-47)59(58)77-61(67)48-30-16-5-17-31-48)36-37-54(66)76-60-57(70-40-46-26-12-3-13-27-46)55(69-39-45-24-10-2-11-25-45)51(42-68-38-44-22-8-1-9-23-44)74-64(60)79-50-34-20-7-21-35-50/h1-35,51-52,55-60,62-64H,36-43H2/t51-,52+,55-,56+,57+,58-,59+,60+,62?,63-,64-/m0/s1. The van der Waals surface area contributed by atoms with Crippen LogP contribution in [0.5, 0.6) is 0 Å². The second kappa shape index (κ2) is 28.2. The predicted molar refractivity (Wildman–Crippen MR) is 292 cm³/mol. The van der Waals surface area contributed by atoms with Gasteiger partial charge < -0.3 is 52.1 Å². The maximum atomic E-state index is 14.5. The van der Waals surface area contributed by atoms with Crippen molar-refractivity contribution in [3.8, 4) is 0 Å². The van der Waals surface area contributed by atoms with Crippen LogP contribution in [0, 0.1) is 0 Å². The van der Waals surface area contributed by atoms with Crippen molar-refractivity contribution in [3.63, 3.8) is 0 Å². The van der Waals surface area contributed by atoms with E-state index in [1.54, 1.807) is 30.3 Å². The number of fused-ring (bicyclic) bond motifs is 1. The minimum atomic E-state index is -1.33. The van der Waals surface area contributed by atoms with Gasteiger partial charge in [-0.15, -0.1) is 0 Å². The largest absolute Gasteiger partial charge is 0.456 e. The minimum absolute atomic E-state index is 0.0321. The Morgan fingerprint density at radius 3 is 1.51 bits per heavy atom. The summed E-state index contributed by atoms with van der Waals surface area (Å²) in [6, 6.07) is 66.2. The Hall–Kier alpha value is -7.02. The summed E-state index contributed by atoms with van der Waals surface area (Å²) in [7, 11) is 0. The van der Waals surface area contributed by atoms with Gasteiger partial charge in [-0.05, 0) is 46.5 Å². The molecular weight excluding hydrogens is 1020 g/mol. The quantitative estimate of drug-likeness (QED) is 0.0441. The Balaban J connectivity index is 0.915. The van der Waals surface area contributed by atoms with Gasteiger partial charge in [0.25, 0.3) is 0 Å². The minimum Gasteiger partial charge on any atom is -0.456 e. The van der Waals surface area contributed by atoms with Gasteiger partial charge in [-0.25, -0.2) is 4.79 Å². The lowest BCUT2D eigenvalue weighted by atomic mass is 9.97. The summed E-state index contributed by atoms with van der Waals surface area (Å²) in [6.45, 7) is 0.932. The van der Waals surface area contributed by atoms with E-state index >= 15 is 0 Å². The number of benzene rings is 7. The molecule has 3 heterocycles. The van der Waals surface area contributed by atoms with Crippen molar-refractivity contribution in [2.75, 3.05) is 13.2 Å². The van der Waals surface area contributed by atoms with Crippen molar-refractivity contribution in [2.24, 2.45) is 0 Å². The smallest absolute Gasteiger partial charge is 0.338 e. The van der Waals surface area contributed by atoms with Gasteiger partial charge in [0.2, 0.25) is 0 Å². The molecule has 7 aromatic rings. The molecule has 0 saturated carbocycles. The molecule has 14 nitrogen and oxygen atoms in total. The molecule has 408 valence electrons. The Morgan fingerprint density at radius 2 is 0.937 bits per heavy atom. The number of hydrogen-bond acceptors (Lipinski definition) is 15. The molecule has 15 heteroatoms. The second-order valence-electron chi connectivity index (χ2n) is 19.2. The molecular formula is C64H62O14S. The first kappa shape index (κ1) is 55.3. The molecule has 3 aliphatic heterocycles. The van der Waals surface area contributed by atoms with E-state index in [0.717, 1.165) is 27.1 Å². The lowest BCUT2D eigenvalue weighted by Crippen LogP contribution is -2.64. The van der Waals surface area contributed by atoms with Crippen LogP contribution in [-0.4, -0.2) is 91.7 Å². The van der Waals surface area contributed by atoms with Crippen LogP contribution in [0.2, 0.25) is 0 Å². The molecule has 11 atom stereocenters. The molecule has 0 aliphatic carbocycles. The number of carbonyl (C=O) groups excluding carboxylic acids is 3. The molecule has 1 unspecified atom stereocenters. The van der Waals surface area contributed by atoms with Crippen LogP contribution in [0.15, 0.2) is 217 Å². The van der Waals surface area contributed by atoms with Crippen LogP contribution in [0.25, 0.3) is 0 Å². The summed E-state index contributed by atoms with van der Waals surface area (Å²) < 4.78 is 71.6. The summed E-state index contributed by atoms with van der Waals surface area (Å²) in [5, 5.41) is 0. The first-order chi connectivity index (χ1) is 38.9. The Kier molecular flexibility index (Phi) is 19.8. The third kappa shape index (κ3) is 15.4. The van der Waals surface area contributed by atoms with E-state index in [0.29, 0.717) is 12.2 Å². The topological polar surface area (TPSA) is 153 Å². The first-order valence-corrected chi connectivity index (χ1v) is 27.4. The number of esters is 3. The SMILES string of the molecule is O=C(CCC(=O)O[C@@H]1[C@H](OCc2ccccc2)[C@@H](OCc2ccccc2)[C@H](COCc2ccccc2)O[C@H]1Sc1ccccc1)O[C@@H]1[C@@H](OC(=O)c2ccccc2)[C@@H](OCc2ccccc2)O[C@@H]2COC(c3ccccc3)O[C@@H]12. The zero-order chi connectivity index (χ0) is 54.0. The monoisotopic (exact) mass is 1090 g/mol. The molecule has 3 saturated heterocycles. The van der Waals surface area contributed by atoms with Crippen LogP contribution in [0.4, 0.5) is 0 Å². The first-order valence-electron chi connectivity index (χ1n) is 26.5. The Bertz CT molecular complexity index is 2950. The van der Waals surface area contributed by atoms with Gasteiger partial charge in [0, 0.05) is 10.5 Å². The number of hydrogen-bond donors (Lipinski definition) is 0. The Morgan fingerprint density at radius 1 is 0.456 bits per heavy atom. The van der Waals surface area contributed by atoms with Gasteiger partial charge in [-0.3, -0.25) is 9.59 Å². The van der Waals surface area contributed by atoms with E-state index in [2.05, 4.69) is 0 Å². The Labute approximate surface area is 464 Å². The van der Waals surface area contributed by atoms with Gasteiger partial charge >= 0.3 is 17.9 Å². The van der Waals surface area contributed by atoms with Gasteiger partial charge in [0.05, 0.1) is 58.0 Å². The summed E-state index contributed by atoms with van der Waals surface area (Å²) in [4.78, 5) is 43.8. The molecule has 10 rings (SSSR count). The highest BCUT2D eigenvalue weighted by Crippen LogP contribution is 2.40. The highest BCUT2D eigenvalue weighted by atomic mass is 32.2. The summed E-state index contributed by atoms with van der Waals surface area (Å²) in [5.41, 5.74) is 3.79. The van der Waals surface area contributed by atoms with Crippen molar-refractivity contribution in [2.45, 2.75) is 111 Å². The van der Waals surface area contributed by atoms with Crippen molar-refractivity contribution in [3.05, 3.63) is 246 Å². The lowest BCUT2D eigenvalue weighted by Gasteiger charge is -2.48. The molecule has 79 heavy (non-hydrogen) atoms. The number of ether oxygens (including phenoxy) is 11. The van der Waals surface area contributed by atoms with Crippen LogP contribution >= 0.6 is 11.8 Å². The van der Waals surface area contributed by atoms with E-state index in [-0.39, 0.29) is 38.6 Å². The van der Waals surface area contributed by atoms with Crippen LogP contribution in [0.3, 0.4) is 0 Å². The maximum Gasteiger partial charge on any atom is 0.338 e. The molecule has 7 aromatic carbocycles.